The van der Waals surface area contributed by atoms with Gasteiger partial charge in [0.25, 0.3) is 11.5 Å². The number of anilines is 1. The summed E-state index contributed by atoms with van der Waals surface area (Å²) < 4.78 is 0. The first-order chi connectivity index (χ1) is 10.1. The van der Waals surface area contributed by atoms with E-state index in [2.05, 4.69) is 15.6 Å². The third-order valence-electron chi connectivity index (χ3n) is 3.65. The van der Waals surface area contributed by atoms with Gasteiger partial charge in [-0.1, -0.05) is 6.07 Å². The van der Waals surface area contributed by atoms with Crippen molar-refractivity contribution >= 4 is 24.0 Å². The van der Waals surface area contributed by atoms with Gasteiger partial charge in [-0.2, -0.15) is 0 Å². The molecule has 1 aromatic heterocycles. The lowest BCUT2D eigenvalue weighted by molar-refractivity contribution is 0.102. The van der Waals surface area contributed by atoms with Crippen LogP contribution >= 0.6 is 12.4 Å². The maximum atomic E-state index is 12.2. The molecule has 3 N–H and O–H groups in total. The molecule has 0 radical (unpaired) electrons. The van der Waals surface area contributed by atoms with E-state index in [4.69, 9.17) is 0 Å². The molecule has 0 spiro atoms. The number of carbonyl (C=O) groups is 1. The molecule has 1 aromatic carbocycles. The Bertz CT molecular complexity index is 755. The van der Waals surface area contributed by atoms with E-state index in [1.807, 2.05) is 18.2 Å². The highest BCUT2D eigenvalue weighted by molar-refractivity contribution is 6.04. The van der Waals surface area contributed by atoms with E-state index in [-0.39, 0.29) is 29.4 Å². The highest BCUT2D eigenvalue weighted by Gasteiger charge is 2.13. The van der Waals surface area contributed by atoms with Crippen molar-refractivity contribution in [3.63, 3.8) is 0 Å². The third-order valence-corrected chi connectivity index (χ3v) is 3.65. The van der Waals surface area contributed by atoms with Crippen molar-refractivity contribution in [1.82, 2.24) is 10.3 Å². The molecule has 0 saturated carbocycles. The highest BCUT2D eigenvalue weighted by atomic mass is 35.5. The van der Waals surface area contributed by atoms with E-state index < -0.39 is 0 Å². The van der Waals surface area contributed by atoms with Gasteiger partial charge in [0, 0.05) is 17.9 Å². The van der Waals surface area contributed by atoms with Crippen LogP contribution in [0.25, 0.3) is 0 Å². The van der Waals surface area contributed by atoms with Crippen LogP contribution in [0.4, 0.5) is 5.69 Å². The molecule has 5 nitrogen and oxygen atoms in total. The molecule has 6 heteroatoms. The number of pyridine rings is 1. The summed E-state index contributed by atoms with van der Waals surface area (Å²) in [6.45, 7) is 3.57. The molecule has 0 unspecified atom stereocenters. The minimum Gasteiger partial charge on any atom is -0.326 e. The predicted molar refractivity (Wildman–Crippen MR) is 88.9 cm³/mol. The van der Waals surface area contributed by atoms with E-state index in [1.54, 1.807) is 19.1 Å². The summed E-state index contributed by atoms with van der Waals surface area (Å²) in [6, 6.07) is 9.13. The lowest BCUT2D eigenvalue weighted by Crippen LogP contribution is -2.25. The third kappa shape index (κ3) is 3.37. The maximum absolute atomic E-state index is 12.2. The number of carbonyl (C=O) groups excluding carboxylic acids is 1. The molecule has 0 aliphatic carbocycles. The van der Waals surface area contributed by atoms with Crippen LogP contribution in [0.15, 0.2) is 35.1 Å². The topological polar surface area (TPSA) is 74.0 Å². The summed E-state index contributed by atoms with van der Waals surface area (Å²) in [5.41, 5.74) is 3.69. The molecule has 1 amide bonds. The van der Waals surface area contributed by atoms with Gasteiger partial charge in [0.15, 0.2) is 0 Å². The Morgan fingerprint density at radius 1 is 1.18 bits per heavy atom. The first-order valence-corrected chi connectivity index (χ1v) is 6.97. The monoisotopic (exact) mass is 319 g/mol. The lowest BCUT2D eigenvalue weighted by atomic mass is 10.0. The number of aromatic nitrogens is 1. The first-order valence-electron chi connectivity index (χ1n) is 6.97. The molecule has 22 heavy (non-hydrogen) atoms. The van der Waals surface area contributed by atoms with Crippen molar-refractivity contribution in [3.8, 4) is 0 Å². The number of aryl methyl sites for hydroxylation is 1. The Morgan fingerprint density at radius 2 is 2.00 bits per heavy atom. The van der Waals surface area contributed by atoms with Gasteiger partial charge in [0.1, 0.15) is 5.56 Å². The second-order valence-corrected chi connectivity index (χ2v) is 5.25. The number of aromatic amines is 1. The zero-order valence-electron chi connectivity index (χ0n) is 12.2. The number of hydrogen-bond acceptors (Lipinski definition) is 3. The van der Waals surface area contributed by atoms with Gasteiger partial charge in [-0.25, -0.2) is 0 Å². The molecule has 1 aliphatic heterocycles. The molecule has 1 aliphatic rings. The molecule has 0 bridgehead atoms. The summed E-state index contributed by atoms with van der Waals surface area (Å²) in [5.74, 6) is -0.389. The quantitative estimate of drug-likeness (QED) is 0.792. The summed E-state index contributed by atoms with van der Waals surface area (Å²) >= 11 is 0. The number of H-pyrrole nitrogens is 1. The standard InChI is InChI=1S/C16H17N3O2.ClH/c1-10-2-5-14(15(20)18-10)16(21)19-13-4-3-11-6-7-17-9-12(11)8-13;/h2-5,8,17H,6-7,9H2,1H3,(H,18,20)(H,19,21);1H. The smallest absolute Gasteiger partial charge is 0.261 e. The second kappa shape index (κ2) is 6.77. The van der Waals surface area contributed by atoms with E-state index in [0.29, 0.717) is 5.69 Å². The molecule has 2 heterocycles. The van der Waals surface area contributed by atoms with Crippen molar-refractivity contribution in [2.24, 2.45) is 0 Å². The highest BCUT2D eigenvalue weighted by Crippen LogP contribution is 2.19. The minimum absolute atomic E-state index is 0. The van der Waals surface area contributed by atoms with E-state index in [0.717, 1.165) is 25.2 Å². The number of hydrogen-bond donors (Lipinski definition) is 3. The minimum atomic E-state index is -0.389. The number of benzene rings is 1. The molecular formula is C16H18ClN3O2. The molecule has 0 fully saturated rings. The van der Waals surface area contributed by atoms with Crippen molar-refractivity contribution in [2.45, 2.75) is 19.9 Å². The largest absolute Gasteiger partial charge is 0.326 e. The van der Waals surface area contributed by atoms with E-state index in [1.165, 1.54) is 11.1 Å². The Morgan fingerprint density at radius 3 is 2.77 bits per heavy atom. The Balaban J connectivity index is 0.00000176. The van der Waals surface area contributed by atoms with Crippen molar-refractivity contribution in [3.05, 3.63) is 63.1 Å². The summed E-state index contributed by atoms with van der Waals surface area (Å²) in [4.78, 5) is 26.6. The molecule has 0 saturated heterocycles. The Kier molecular flexibility index (Phi) is 5.00. The van der Waals surface area contributed by atoms with Crippen LogP contribution in [0.3, 0.4) is 0 Å². The van der Waals surface area contributed by atoms with E-state index in [9.17, 15) is 9.59 Å². The van der Waals surface area contributed by atoms with Crippen molar-refractivity contribution in [1.29, 1.82) is 0 Å². The molecule has 0 atom stereocenters. The summed E-state index contributed by atoms with van der Waals surface area (Å²) in [7, 11) is 0. The van der Waals surface area contributed by atoms with Gasteiger partial charge >= 0.3 is 0 Å². The van der Waals surface area contributed by atoms with Gasteiger partial charge in [0.2, 0.25) is 0 Å². The average molecular weight is 320 g/mol. The van der Waals surface area contributed by atoms with Crippen LogP contribution in [-0.2, 0) is 13.0 Å². The number of halogens is 1. The van der Waals surface area contributed by atoms with Crippen LogP contribution in [0.5, 0.6) is 0 Å². The number of rotatable bonds is 2. The number of fused-ring (bicyclic) bond motifs is 1. The molecule has 3 rings (SSSR count). The fourth-order valence-electron chi connectivity index (χ4n) is 2.51. The van der Waals surface area contributed by atoms with Crippen LogP contribution in [-0.4, -0.2) is 17.4 Å². The zero-order valence-corrected chi connectivity index (χ0v) is 13.0. The van der Waals surface area contributed by atoms with Crippen LogP contribution in [0.2, 0.25) is 0 Å². The van der Waals surface area contributed by atoms with Gasteiger partial charge in [0.05, 0.1) is 0 Å². The van der Waals surface area contributed by atoms with Gasteiger partial charge in [-0.3, -0.25) is 9.59 Å². The predicted octanol–water partition coefficient (Wildman–Crippen LogP) is 2.00. The molecular weight excluding hydrogens is 302 g/mol. The van der Waals surface area contributed by atoms with Crippen LogP contribution in [0, 0.1) is 6.92 Å². The lowest BCUT2D eigenvalue weighted by Gasteiger charge is -2.18. The molecule has 2 aromatic rings. The number of nitrogens with one attached hydrogen (secondary N) is 3. The normalized spacial score (nSPS) is 13.0. The van der Waals surface area contributed by atoms with Crippen LogP contribution in [0.1, 0.15) is 27.2 Å². The maximum Gasteiger partial charge on any atom is 0.261 e. The summed E-state index contributed by atoms with van der Waals surface area (Å²) in [5, 5.41) is 6.08. The van der Waals surface area contributed by atoms with E-state index >= 15 is 0 Å². The van der Waals surface area contributed by atoms with Gasteiger partial charge < -0.3 is 15.6 Å². The summed E-state index contributed by atoms with van der Waals surface area (Å²) in [6.07, 6.45) is 1.00. The second-order valence-electron chi connectivity index (χ2n) is 5.25. The fraction of sp³-hybridized carbons (Fsp3) is 0.250. The Hall–Kier alpha value is -2.11. The Labute approximate surface area is 134 Å². The first kappa shape index (κ1) is 16.3. The number of amides is 1. The average Bonchev–Trinajstić information content (AvgIpc) is 2.47. The SMILES string of the molecule is Cc1ccc(C(=O)Nc2ccc3c(c2)CNCC3)c(=O)[nH]1.Cl. The van der Waals surface area contributed by atoms with Gasteiger partial charge in [-0.15, -0.1) is 12.4 Å². The van der Waals surface area contributed by atoms with Crippen molar-refractivity contribution in [2.75, 3.05) is 11.9 Å². The zero-order chi connectivity index (χ0) is 14.8. The van der Waals surface area contributed by atoms with Crippen LogP contribution < -0.4 is 16.2 Å². The molecule has 116 valence electrons. The van der Waals surface area contributed by atoms with Gasteiger partial charge in [-0.05, 0) is 55.3 Å². The fourth-order valence-corrected chi connectivity index (χ4v) is 2.51. The van der Waals surface area contributed by atoms with Crippen molar-refractivity contribution < 1.29 is 4.79 Å².